The maximum absolute atomic E-state index is 13.4. The third-order valence-electron chi connectivity index (χ3n) is 5.11. The fourth-order valence-corrected chi connectivity index (χ4v) is 3.58. The first-order valence-electron chi connectivity index (χ1n) is 10.0. The topological polar surface area (TPSA) is 82.3 Å². The Labute approximate surface area is 174 Å². The Balaban J connectivity index is 2.20. The molecule has 7 nitrogen and oxygen atoms in total. The highest BCUT2D eigenvalue weighted by Gasteiger charge is 2.24. The first-order chi connectivity index (χ1) is 14.5. The third kappa shape index (κ3) is 4.36. The van der Waals surface area contributed by atoms with E-state index in [-0.39, 0.29) is 18.0 Å². The highest BCUT2D eigenvalue weighted by Crippen LogP contribution is 2.18. The van der Waals surface area contributed by atoms with Crippen LogP contribution in [0.4, 0.5) is 0 Å². The van der Waals surface area contributed by atoms with E-state index in [2.05, 4.69) is 5.32 Å². The first kappa shape index (κ1) is 21.5. The van der Waals surface area contributed by atoms with Crippen LogP contribution in [-0.4, -0.2) is 35.3 Å². The van der Waals surface area contributed by atoms with Crippen molar-refractivity contribution in [2.45, 2.75) is 32.9 Å². The summed E-state index contributed by atoms with van der Waals surface area (Å²) in [6.45, 7) is 4.61. The van der Waals surface area contributed by atoms with Gasteiger partial charge >= 0.3 is 5.69 Å². The molecule has 0 saturated carbocycles. The second-order valence-electron chi connectivity index (χ2n) is 7.26. The van der Waals surface area contributed by atoms with Crippen LogP contribution in [0.2, 0.25) is 0 Å². The number of methoxy groups -OCH3 is 1. The number of nitrogens with zero attached hydrogens (tertiary/aromatic N) is 2. The predicted molar refractivity (Wildman–Crippen MR) is 117 cm³/mol. The molecule has 1 amide bonds. The van der Waals surface area contributed by atoms with Gasteiger partial charge in [-0.1, -0.05) is 48.9 Å². The van der Waals surface area contributed by atoms with Gasteiger partial charge in [0.15, 0.2) is 0 Å². The second-order valence-corrected chi connectivity index (χ2v) is 7.26. The van der Waals surface area contributed by atoms with Crippen molar-refractivity contribution in [1.29, 1.82) is 0 Å². The number of rotatable bonds is 8. The van der Waals surface area contributed by atoms with Gasteiger partial charge in [0.1, 0.15) is 6.04 Å². The molecule has 1 N–H and O–H groups in total. The van der Waals surface area contributed by atoms with Gasteiger partial charge in [0, 0.05) is 13.7 Å². The molecule has 0 aliphatic carbocycles. The summed E-state index contributed by atoms with van der Waals surface area (Å²) < 4.78 is 7.65. The van der Waals surface area contributed by atoms with Crippen molar-refractivity contribution in [3.8, 4) is 0 Å². The van der Waals surface area contributed by atoms with Crippen LogP contribution in [0.5, 0.6) is 0 Å². The van der Waals surface area contributed by atoms with Gasteiger partial charge in [0.2, 0.25) is 5.91 Å². The minimum absolute atomic E-state index is 0.143. The van der Waals surface area contributed by atoms with E-state index in [9.17, 15) is 14.4 Å². The van der Waals surface area contributed by atoms with Crippen molar-refractivity contribution in [3.05, 3.63) is 80.5 Å². The Kier molecular flexibility index (Phi) is 6.84. The average molecular weight is 409 g/mol. The van der Waals surface area contributed by atoms with Crippen LogP contribution in [0.3, 0.4) is 0 Å². The largest absolute Gasteiger partial charge is 0.383 e. The van der Waals surface area contributed by atoms with E-state index in [4.69, 9.17) is 4.74 Å². The first-order valence-corrected chi connectivity index (χ1v) is 10.0. The molecule has 30 heavy (non-hydrogen) atoms. The molecular formula is C23H27N3O4. The number of hydrogen-bond acceptors (Lipinski definition) is 4. The Morgan fingerprint density at radius 2 is 1.87 bits per heavy atom. The van der Waals surface area contributed by atoms with Crippen LogP contribution in [0.1, 0.15) is 30.5 Å². The number of aryl methyl sites for hydroxylation is 1. The lowest BCUT2D eigenvalue weighted by Gasteiger charge is -2.22. The average Bonchev–Trinajstić information content (AvgIpc) is 2.75. The predicted octanol–water partition coefficient (Wildman–Crippen LogP) is 2.23. The third-order valence-corrected chi connectivity index (χ3v) is 5.11. The van der Waals surface area contributed by atoms with Crippen molar-refractivity contribution in [3.63, 3.8) is 0 Å². The van der Waals surface area contributed by atoms with E-state index >= 15 is 0 Å². The zero-order valence-electron chi connectivity index (χ0n) is 17.6. The molecule has 0 spiro atoms. The van der Waals surface area contributed by atoms with Crippen molar-refractivity contribution in [2.24, 2.45) is 0 Å². The summed E-state index contributed by atoms with van der Waals surface area (Å²) in [5.41, 5.74) is 1.37. The minimum Gasteiger partial charge on any atom is -0.383 e. The number of benzene rings is 2. The summed E-state index contributed by atoms with van der Waals surface area (Å²) >= 11 is 0. The highest BCUT2D eigenvalue weighted by atomic mass is 16.5. The normalized spacial score (nSPS) is 12.1. The summed E-state index contributed by atoms with van der Waals surface area (Å²) in [6, 6.07) is 14.0. The molecule has 158 valence electrons. The number of hydrogen-bond donors (Lipinski definition) is 1. The number of amides is 1. The zero-order valence-corrected chi connectivity index (χ0v) is 17.6. The van der Waals surface area contributed by atoms with Crippen LogP contribution in [0, 0.1) is 6.92 Å². The molecule has 0 aliphatic rings. The van der Waals surface area contributed by atoms with E-state index in [1.54, 1.807) is 19.2 Å². The quantitative estimate of drug-likeness (QED) is 0.579. The maximum Gasteiger partial charge on any atom is 0.332 e. The highest BCUT2D eigenvalue weighted by molar-refractivity contribution is 5.84. The number of carbonyl (C=O) groups is 1. The molecule has 0 radical (unpaired) electrons. The molecule has 3 aromatic rings. The monoisotopic (exact) mass is 409 g/mol. The van der Waals surface area contributed by atoms with Crippen molar-refractivity contribution < 1.29 is 9.53 Å². The van der Waals surface area contributed by atoms with Crippen LogP contribution in [0.15, 0.2) is 58.1 Å². The fraction of sp³-hybridized carbons (Fsp3) is 0.348. The molecule has 1 heterocycles. The number of carbonyl (C=O) groups excluding carboxylic acids is 1. The smallest absolute Gasteiger partial charge is 0.332 e. The molecule has 1 aromatic heterocycles. The van der Waals surface area contributed by atoms with Gasteiger partial charge in [-0.2, -0.15) is 0 Å². The van der Waals surface area contributed by atoms with E-state index in [0.717, 1.165) is 11.1 Å². The molecule has 0 aliphatic heterocycles. The van der Waals surface area contributed by atoms with E-state index < -0.39 is 11.7 Å². The molecule has 0 bridgehead atoms. The summed E-state index contributed by atoms with van der Waals surface area (Å²) in [7, 11) is 1.56. The molecule has 1 atom stereocenters. The summed E-state index contributed by atoms with van der Waals surface area (Å²) in [5.74, 6) is -0.275. The maximum atomic E-state index is 13.4. The number of aromatic nitrogens is 2. The van der Waals surface area contributed by atoms with E-state index in [1.165, 1.54) is 9.13 Å². The standard InChI is InChI=1S/C23H27N3O4/c1-4-19(21(27)24-12-13-30-3)26-20-11-10-16(2)14-18(20)22(28)25(23(26)29)15-17-8-6-5-7-9-17/h5-11,14,19H,4,12-13,15H2,1-3H3,(H,24,27). The lowest BCUT2D eigenvalue weighted by atomic mass is 10.1. The Bertz CT molecular complexity index is 1150. The van der Waals surface area contributed by atoms with Crippen LogP contribution in [-0.2, 0) is 16.1 Å². The van der Waals surface area contributed by atoms with Gasteiger partial charge in [-0.3, -0.25) is 18.7 Å². The zero-order chi connectivity index (χ0) is 21.7. The molecule has 3 rings (SSSR count). The van der Waals surface area contributed by atoms with Crippen molar-refractivity contribution >= 4 is 16.8 Å². The van der Waals surface area contributed by atoms with Gasteiger partial charge in [-0.05, 0) is 31.0 Å². The summed E-state index contributed by atoms with van der Waals surface area (Å²) in [4.78, 5) is 39.5. The number of nitrogens with one attached hydrogen (secondary N) is 1. The minimum atomic E-state index is -0.734. The Morgan fingerprint density at radius 1 is 1.13 bits per heavy atom. The van der Waals surface area contributed by atoms with Crippen LogP contribution < -0.4 is 16.6 Å². The number of fused-ring (bicyclic) bond motifs is 1. The summed E-state index contributed by atoms with van der Waals surface area (Å²) in [5, 5.41) is 3.23. The molecular weight excluding hydrogens is 382 g/mol. The van der Waals surface area contributed by atoms with Crippen molar-refractivity contribution in [1.82, 2.24) is 14.5 Å². The Morgan fingerprint density at radius 3 is 2.53 bits per heavy atom. The SMILES string of the molecule is CCC(C(=O)NCCOC)n1c(=O)n(Cc2ccccc2)c(=O)c2cc(C)ccc21. The number of ether oxygens (including phenoxy) is 1. The van der Waals surface area contributed by atoms with Gasteiger partial charge < -0.3 is 10.1 Å². The van der Waals surface area contributed by atoms with Crippen LogP contribution >= 0.6 is 0 Å². The van der Waals surface area contributed by atoms with Gasteiger partial charge in [0.05, 0.1) is 24.1 Å². The van der Waals surface area contributed by atoms with E-state index in [0.29, 0.717) is 30.5 Å². The fourth-order valence-electron chi connectivity index (χ4n) is 3.58. The molecule has 2 aromatic carbocycles. The Hall–Kier alpha value is -3.19. The van der Waals surface area contributed by atoms with E-state index in [1.807, 2.05) is 50.2 Å². The molecule has 0 fully saturated rings. The van der Waals surface area contributed by atoms with Gasteiger partial charge in [-0.15, -0.1) is 0 Å². The van der Waals surface area contributed by atoms with Crippen molar-refractivity contribution in [2.75, 3.05) is 20.3 Å². The lowest BCUT2D eigenvalue weighted by Crippen LogP contribution is -2.45. The van der Waals surface area contributed by atoms with Gasteiger partial charge in [-0.25, -0.2) is 4.79 Å². The second kappa shape index (κ2) is 9.54. The van der Waals surface area contributed by atoms with Crippen LogP contribution in [0.25, 0.3) is 10.9 Å². The molecule has 0 saturated heterocycles. The lowest BCUT2D eigenvalue weighted by molar-refractivity contribution is -0.124. The molecule has 1 unspecified atom stereocenters. The summed E-state index contributed by atoms with van der Waals surface area (Å²) in [6.07, 6.45) is 0.408. The van der Waals surface area contributed by atoms with Gasteiger partial charge in [0.25, 0.3) is 5.56 Å². The molecule has 7 heteroatoms.